The summed E-state index contributed by atoms with van der Waals surface area (Å²) in [7, 11) is 5.21. The molecule has 3 aromatic heterocycles. The molecule has 0 atom stereocenters. The fraction of sp³-hybridized carbons (Fsp3) is 0.200. The standard InChI is InChI=1S/C20H21N5O2/c1-24-11-15(10-23-24)17-6-14-9-22-20(21)8-18(14)25(17)12-13-4-5-16(26-2)7-19(13)27-3/h4-11H,12H2,1-3H3,(H2,21,22). The minimum Gasteiger partial charge on any atom is -0.497 e. The largest absolute Gasteiger partial charge is 0.497 e. The lowest BCUT2D eigenvalue weighted by molar-refractivity contribution is 0.390. The normalized spacial score (nSPS) is 11.1. The van der Waals surface area contributed by atoms with Gasteiger partial charge in [-0.1, -0.05) is 0 Å². The molecule has 2 N–H and O–H groups in total. The summed E-state index contributed by atoms with van der Waals surface area (Å²) < 4.78 is 14.9. The SMILES string of the molecule is COc1ccc(Cn2c(-c3cnn(C)c3)cc3cnc(N)cc32)c(OC)c1. The zero-order valence-corrected chi connectivity index (χ0v) is 15.5. The maximum atomic E-state index is 5.95. The Morgan fingerprint density at radius 1 is 1.07 bits per heavy atom. The van der Waals surface area contributed by atoms with E-state index in [1.165, 1.54) is 0 Å². The van der Waals surface area contributed by atoms with Crippen molar-refractivity contribution < 1.29 is 9.47 Å². The van der Waals surface area contributed by atoms with Gasteiger partial charge in [0, 0.05) is 48.1 Å². The summed E-state index contributed by atoms with van der Waals surface area (Å²) in [6.45, 7) is 0.615. The molecule has 0 amide bonds. The second kappa shape index (κ2) is 6.68. The van der Waals surface area contributed by atoms with Crippen molar-refractivity contribution in [3.63, 3.8) is 0 Å². The number of nitrogens with zero attached hydrogens (tertiary/aromatic N) is 4. The Kier molecular flexibility index (Phi) is 4.19. The molecule has 0 spiro atoms. The molecule has 7 heteroatoms. The minimum absolute atomic E-state index is 0.487. The van der Waals surface area contributed by atoms with Crippen LogP contribution >= 0.6 is 0 Å². The molecule has 0 aliphatic carbocycles. The lowest BCUT2D eigenvalue weighted by Crippen LogP contribution is -2.04. The second-order valence-corrected chi connectivity index (χ2v) is 6.36. The molecule has 0 bridgehead atoms. The first kappa shape index (κ1) is 17.0. The fourth-order valence-electron chi connectivity index (χ4n) is 3.29. The number of benzene rings is 1. The first-order valence-corrected chi connectivity index (χ1v) is 8.53. The van der Waals surface area contributed by atoms with E-state index in [1.54, 1.807) is 25.1 Å². The van der Waals surface area contributed by atoms with Crippen LogP contribution in [0.1, 0.15) is 5.56 Å². The van der Waals surface area contributed by atoms with E-state index >= 15 is 0 Å². The van der Waals surface area contributed by atoms with Gasteiger partial charge >= 0.3 is 0 Å². The summed E-state index contributed by atoms with van der Waals surface area (Å²) in [4.78, 5) is 4.23. The number of anilines is 1. The average Bonchev–Trinajstić information content (AvgIpc) is 3.25. The Morgan fingerprint density at radius 2 is 1.93 bits per heavy atom. The Hall–Kier alpha value is -3.48. The van der Waals surface area contributed by atoms with Crippen molar-refractivity contribution in [3.8, 4) is 22.8 Å². The summed E-state index contributed by atoms with van der Waals surface area (Å²) in [6, 6.07) is 9.84. The van der Waals surface area contributed by atoms with Gasteiger partial charge < -0.3 is 19.8 Å². The molecule has 0 unspecified atom stereocenters. The summed E-state index contributed by atoms with van der Waals surface area (Å²) in [6.07, 6.45) is 5.64. The highest BCUT2D eigenvalue weighted by Crippen LogP contribution is 2.32. The van der Waals surface area contributed by atoms with Crippen molar-refractivity contribution in [1.29, 1.82) is 0 Å². The second-order valence-electron chi connectivity index (χ2n) is 6.36. The van der Waals surface area contributed by atoms with Crippen molar-refractivity contribution in [1.82, 2.24) is 19.3 Å². The van der Waals surface area contributed by atoms with E-state index in [-0.39, 0.29) is 0 Å². The van der Waals surface area contributed by atoms with E-state index < -0.39 is 0 Å². The van der Waals surface area contributed by atoms with Gasteiger partial charge in [0.25, 0.3) is 0 Å². The van der Waals surface area contributed by atoms with E-state index in [0.717, 1.165) is 39.2 Å². The molecule has 27 heavy (non-hydrogen) atoms. The molecule has 0 saturated carbocycles. The Bertz CT molecular complexity index is 1110. The third-order valence-electron chi connectivity index (χ3n) is 4.63. The number of aromatic nitrogens is 4. The maximum Gasteiger partial charge on any atom is 0.127 e. The monoisotopic (exact) mass is 363 g/mol. The molecule has 1 aromatic carbocycles. The Morgan fingerprint density at radius 3 is 2.63 bits per heavy atom. The molecule has 0 fully saturated rings. The number of nitrogen functional groups attached to an aromatic ring is 1. The third-order valence-corrected chi connectivity index (χ3v) is 4.63. The number of methoxy groups -OCH3 is 2. The van der Waals surface area contributed by atoms with Gasteiger partial charge in [0.05, 0.1) is 38.2 Å². The predicted octanol–water partition coefficient (Wildman–Crippen LogP) is 3.08. The zero-order chi connectivity index (χ0) is 19.0. The predicted molar refractivity (Wildman–Crippen MR) is 105 cm³/mol. The molecule has 0 aliphatic rings. The van der Waals surface area contributed by atoms with Crippen LogP contribution < -0.4 is 15.2 Å². The topological polar surface area (TPSA) is 80.1 Å². The number of hydrogen-bond donors (Lipinski definition) is 1. The molecule has 0 aliphatic heterocycles. The molecule has 0 saturated heterocycles. The van der Waals surface area contributed by atoms with Crippen LogP contribution in [-0.4, -0.2) is 33.6 Å². The molecule has 4 aromatic rings. The van der Waals surface area contributed by atoms with Crippen LogP contribution in [0.3, 0.4) is 0 Å². The average molecular weight is 363 g/mol. The number of nitrogens with two attached hydrogens (primary N) is 1. The number of ether oxygens (including phenoxy) is 2. The summed E-state index contributed by atoms with van der Waals surface area (Å²) in [5.74, 6) is 2.02. The lowest BCUT2D eigenvalue weighted by Gasteiger charge is -2.14. The molecule has 7 nitrogen and oxygen atoms in total. The lowest BCUT2D eigenvalue weighted by atomic mass is 10.1. The van der Waals surface area contributed by atoms with E-state index in [9.17, 15) is 0 Å². The molecular weight excluding hydrogens is 342 g/mol. The number of rotatable bonds is 5. The maximum absolute atomic E-state index is 5.95. The summed E-state index contributed by atoms with van der Waals surface area (Å²) >= 11 is 0. The number of fused-ring (bicyclic) bond motifs is 1. The van der Waals surface area contributed by atoms with Crippen molar-refractivity contribution in [3.05, 3.63) is 54.5 Å². The van der Waals surface area contributed by atoms with Crippen LogP contribution in [-0.2, 0) is 13.6 Å². The summed E-state index contributed by atoms with van der Waals surface area (Å²) in [5, 5.41) is 5.33. The van der Waals surface area contributed by atoms with Gasteiger partial charge in [-0.3, -0.25) is 4.68 Å². The fourth-order valence-corrected chi connectivity index (χ4v) is 3.29. The Balaban J connectivity index is 1.88. The van der Waals surface area contributed by atoms with Crippen molar-refractivity contribution in [2.45, 2.75) is 6.54 Å². The van der Waals surface area contributed by atoms with E-state index in [2.05, 4.69) is 20.7 Å². The van der Waals surface area contributed by atoms with E-state index in [1.807, 2.05) is 43.7 Å². The van der Waals surface area contributed by atoms with Gasteiger partial charge in [0.1, 0.15) is 17.3 Å². The molecule has 138 valence electrons. The van der Waals surface area contributed by atoms with Gasteiger partial charge in [-0.25, -0.2) is 4.98 Å². The third kappa shape index (κ3) is 3.08. The smallest absolute Gasteiger partial charge is 0.127 e. The van der Waals surface area contributed by atoms with E-state index in [0.29, 0.717) is 12.4 Å². The van der Waals surface area contributed by atoms with Gasteiger partial charge in [-0.2, -0.15) is 5.10 Å². The first-order chi connectivity index (χ1) is 13.1. The minimum atomic E-state index is 0.487. The molecular formula is C20H21N5O2. The van der Waals surface area contributed by atoms with Crippen LogP contribution in [0, 0.1) is 0 Å². The van der Waals surface area contributed by atoms with Crippen LogP contribution in [0.2, 0.25) is 0 Å². The Labute approximate surface area is 157 Å². The van der Waals surface area contributed by atoms with E-state index in [4.69, 9.17) is 15.2 Å². The number of aryl methyl sites for hydroxylation is 1. The van der Waals surface area contributed by atoms with Gasteiger partial charge in [0.15, 0.2) is 0 Å². The zero-order valence-electron chi connectivity index (χ0n) is 15.5. The highest BCUT2D eigenvalue weighted by Gasteiger charge is 2.15. The van der Waals surface area contributed by atoms with Gasteiger partial charge in [-0.15, -0.1) is 0 Å². The van der Waals surface area contributed by atoms with Gasteiger partial charge in [0.2, 0.25) is 0 Å². The van der Waals surface area contributed by atoms with Crippen LogP contribution in [0.15, 0.2) is 48.9 Å². The van der Waals surface area contributed by atoms with Crippen molar-refractivity contribution in [2.75, 3.05) is 20.0 Å². The van der Waals surface area contributed by atoms with Crippen molar-refractivity contribution in [2.24, 2.45) is 7.05 Å². The first-order valence-electron chi connectivity index (χ1n) is 8.53. The molecule has 0 radical (unpaired) electrons. The highest BCUT2D eigenvalue weighted by atomic mass is 16.5. The van der Waals surface area contributed by atoms with Crippen LogP contribution in [0.25, 0.3) is 22.2 Å². The number of hydrogen-bond acceptors (Lipinski definition) is 5. The molecule has 3 heterocycles. The highest BCUT2D eigenvalue weighted by molar-refractivity contribution is 5.87. The quantitative estimate of drug-likeness (QED) is 0.589. The number of pyridine rings is 1. The molecule has 4 rings (SSSR count). The van der Waals surface area contributed by atoms with Crippen molar-refractivity contribution >= 4 is 16.7 Å². The van der Waals surface area contributed by atoms with Gasteiger partial charge in [-0.05, 0) is 18.2 Å². The summed E-state index contributed by atoms with van der Waals surface area (Å²) in [5.41, 5.74) is 10.1. The van der Waals surface area contributed by atoms with Crippen LogP contribution in [0.5, 0.6) is 11.5 Å². The van der Waals surface area contributed by atoms with Crippen LogP contribution in [0.4, 0.5) is 5.82 Å².